The molecule has 3 amide bonds. The minimum absolute atomic E-state index is 0.0954. The number of piperidine rings is 1. The summed E-state index contributed by atoms with van der Waals surface area (Å²) in [4.78, 5) is 44.0. The zero-order chi connectivity index (χ0) is 28.8. The van der Waals surface area contributed by atoms with Crippen LogP contribution in [0.3, 0.4) is 0 Å². The van der Waals surface area contributed by atoms with Gasteiger partial charge in [-0.2, -0.15) is 0 Å². The van der Waals surface area contributed by atoms with E-state index in [1.807, 2.05) is 49.1 Å². The summed E-state index contributed by atoms with van der Waals surface area (Å²) in [6, 6.07) is 14.0. The van der Waals surface area contributed by atoms with Crippen LogP contribution in [0.25, 0.3) is 0 Å². The van der Waals surface area contributed by atoms with Crippen molar-refractivity contribution < 1.29 is 23.9 Å². The van der Waals surface area contributed by atoms with Gasteiger partial charge in [-0.25, -0.2) is 0 Å². The molecule has 5 rings (SSSR count). The quantitative estimate of drug-likeness (QED) is 0.473. The van der Waals surface area contributed by atoms with Crippen molar-refractivity contribution in [1.82, 2.24) is 15.1 Å². The summed E-state index contributed by atoms with van der Waals surface area (Å²) in [5.74, 6) is 0.929. The lowest BCUT2D eigenvalue weighted by atomic mass is 9.95. The van der Waals surface area contributed by atoms with Gasteiger partial charge in [-0.15, -0.1) is 0 Å². The van der Waals surface area contributed by atoms with Crippen molar-refractivity contribution in [3.8, 4) is 11.5 Å². The number of ether oxygens (including phenoxy) is 2. The second kappa shape index (κ2) is 13.5. The van der Waals surface area contributed by atoms with Crippen LogP contribution in [-0.4, -0.2) is 79.0 Å². The minimum atomic E-state index is -0.740. The standard InChI is InChI=1S/C32H42N4O5/c1-22(2)30(32(39)35-16-11-24(12-17-35)33-15-10-23-13-18-40-19-14-23)36-21-29(37)34-28-9-8-26(20-27(28)31(36)38)41-25-6-4-3-5-7-25/h3-9,20,22-24,30,33H,10-19,21H2,1-2H3,(H,34,37)/t30-/m1/s1. The van der Waals surface area contributed by atoms with Crippen molar-refractivity contribution in [2.75, 3.05) is 44.7 Å². The molecule has 2 aromatic rings. The first-order chi connectivity index (χ1) is 19.9. The van der Waals surface area contributed by atoms with Crippen LogP contribution in [0.2, 0.25) is 0 Å². The zero-order valence-electron chi connectivity index (χ0n) is 24.1. The number of likely N-dealkylation sites (tertiary alicyclic amines) is 1. The Morgan fingerprint density at radius 3 is 2.46 bits per heavy atom. The van der Waals surface area contributed by atoms with Gasteiger partial charge in [0.05, 0.1) is 11.3 Å². The van der Waals surface area contributed by atoms with Crippen LogP contribution in [0.1, 0.15) is 56.3 Å². The largest absolute Gasteiger partial charge is 0.457 e. The summed E-state index contributed by atoms with van der Waals surface area (Å²) >= 11 is 0. The van der Waals surface area contributed by atoms with E-state index in [4.69, 9.17) is 9.47 Å². The summed E-state index contributed by atoms with van der Waals surface area (Å²) in [5, 5.41) is 6.53. The molecular formula is C32H42N4O5. The Kier molecular flexibility index (Phi) is 9.57. The number of carbonyl (C=O) groups is 3. The maximum Gasteiger partial charge on any atom is 0.257 e. The molecule has 2 fully saturated rings. The first-order valence-electron chi connectivity index (χ1n) is 15.0. The van der Waals surface area contributed by atoms with E-state index in [0.717, 1.165) is 57.8 Å². The molecule has 0 unspecified atom stereocenters. The highest BCUT2D eigenvalue weighted by Crippen LogP contribution is 2.31. The van der Waals surface area contributed by atoms with Crippen LogP contribution in [0.4, 0.5) is 5.69 Å². The van der Waals surface area contributed by atoms with Crippen molar-refractivity contribution in [1.29, 1.82) is 0 Å². The molecule has 9 nitrogen and oxygen atoms in total. The molecule has 41 heavy (non-hydrogen) atoms. The summed E-state index contributed by atoms with van der Waals surface area (Å²) in [5.41, 5.74) is 0.737. The van der Waals surface area contributed by atoms with Crippen molar-refractivity contribution in [3.05, 3.63) is 54.1 Å². The van der Waals surface area contributed by atoms with Crippen LogP contribution in [0.5, 0.6) is 11.5 Å². The fourth-order valence-corrected chi connectivity index (χ4v) is 6.09. The summed E-state index contributed by atoms with van der Waals surface area (Å²) in [6.07, 6.45) is 5.20. The average molecular weight is 563 g/mol. The number of hydrogen-bond donors (Lipinski definition) is 2. The Morgan fingerprint density at radius 2 is 1.76 bits per heavy atom. The molecule has 9 heteroatoms. The molecular weight excluding hydrogens is 520 g/mol. The first kappa shape index (κ1) is 29.1. The Balaban J connectivity index is 1.24. The van der Waals surface area contributed by atoms with E-state index in [2.05, 4.69) is 10.6 Å². The highest BCUT2D eigenvalue weighted by molar-refractivity contribution is 6.10. The summed E-state index contributed by atoms with van der Waals surface area (Å²) < 4.78 is 11.4. The summed E-state index contributed by atoms with van der Waals surface area (Å²) in [6.45, 7) is 7.69. The second-order valence-corrected chi connectivity index (χ2v) is 11.7. The maximum absolute atomic E-state index is 13.9. The van der Waals surface area contributed by atoms with Gasteiger partial charge >= 0.3 is 0 Å². The number of anilines is 1. The smallest absolute Gasteiger partial charge is 0.257 e. The Morgan fingerprint density at radius 1 is 1.02 bits per heavy atom. The molecule has 0 aliphatic carbocycles. The van der Waals surface area contributed by atoms with E-state index < -0.39 is 6.04 Å². The fourth-order valence-electron chi connectivity index (χ4n) is 6.09. The van der Waals surface area contributed by atoms with E-state index in [0.29, 0.717) is 41.9 Å². The monoisotopic (exact) mass is 562 g/mol. The molecule has 0 aromatic heterocycles. The second-order valence-electron chi connectivity index (χ2n) is 11.7. The van der Waals surface area contributed by atoms with Gasteiger partial charge in [0, 0.05) is 32.3 Å². The first-order valence-corrected chi connectivity index (χ1v) is 15.0. The minimum Gasteiger partial charge on any atom is -0.457 e. The SMILES string of the molecule is CC(C)[C@H](C(=O)N1CCC(NCCC2CCOCC2)CC1)N1CC(=O)Nc2ccc(Oc3ccccc3)cc2C1=O. The molecule has 1 atom stereocenters. The lowest BCUT2D eigenvalue weighted by Gasteiger charge is -2.39. The predicted octanol–water partition coefficient (Wildman–Crippen LogP) is 4.30. The fraction of sp³-hybridized carbons (Fsp3) is 0.531. The number of para-hydroxylation sites is 1. The molecule has 2 N–H and O–H groups in total. The van der Waals surface area contributed by atoms with Gasteiger partial charge in [0.2, 0.25) is 11.8 Å². The number of carbonyl (C=O) groups excluding carboxylic acids is 3. The topological polar surface area (TPSA) is 100 Å². The zero-order valence-corrected chi connectivity index (χ0v) is 24.1. The van der Waals surface area contributed by atoms with Gasteiger partial charge in [0.25, 0.3) is 5.91 Å². The molecule has 3 heterocycles. The Hall–Kier alpha value is -3.43. The van der Waals surface area contributed by atoms with Crippen molar-refractivity contribution in [2.45, 2.75) is 58.0 Å². The number of rotatable bonds is 9. The van der Waals surface area contributed by atoms with Gasteiger partial charge in [-0.3, -0.25) is 14.4 Å². The average Bonchev–Trinajstić information content (AvgIpc) is 3.10. The van der Waals surface area contributed by atoms with E-state index in [1.54, 1.807) is 18.2 Å². The van der Waals surface area contributed by atoms with E-state index in [-0.39, 0.29) is 30.2 Å². The summed E-state index contributed by atoms with van der Waals surface area (Å²) in [7, 11) is 0. The van der Waals surface area contributed by atoms with Gasteiger partial charge in [0.15, 0.2) is 0 Å². The van der Waals surface area contributed by atoms with E-state index >= 15 is 0 Å². The number of fused-ring (bicyclic) bond motifs is 1. The van der Waals surface area contributed by atoms with Crippen molar-refractivity contribution in [2.24, 2.45) is 11.8 Å². The predicted molar refractivity (Wildman–Crippen MR) is 157 cm³/mol. The van der Waals surface area contributed by atoms with E-state index in [9.17, 15) is 14.4 Å². The third-order valence-electron chi connectivity index (χ3n) is 8.40. The van der Waals surface area contributed by atoms with Crippen molar-refractivity contribution >= 4 is 23.4 Å². The molecule has 3 aliphatic rings. The van der Waals surface area contributed by atoms with Crippen molar-refractivity contribution in [3.63, 3.8) is 0 Å². The van der Waals surface area contributed by atoms with Crippen LogP contribution in [0, 0.1) is 11.8 Å². The number of nitrogens with zero attached hydrogens (tertiary/aromatic N) is 2. The third kappa shape index (κ3) is 7.26. The van der Waals surface area contributed by atoms with Gasteiger partial charge in [-0.1, -0.05) is 32.0 Å². The molecule has 3 aliphatic heterocycles. The number of nitrogens with one attached hydrogen (secondary N) is 2. The molecule has 0 spiro atoms. The highest BCUT2D eigenvalue weighted by Gasteiger charge is 2.40. The number of amides is 3. The van der Waals surface area contributed by atoms with E-state index in [1.165, 1.54) is 4.90 Å². The Labute approximate surface area is 242 Å². The number of benzene rings is 2. The molecule has 0 bridgehead atoms. The van der Waals surface area contributed by atoms with Gasteiger partial charge < -0.3 is 29.9 Å². The van der Waals surface area contributed by atoms with Gasteiger partial charge in [0.1, 0.15) is 24.1 Å². The lowest BCUT2D eigenvalue weighted by Crippen LogP contribution is -2.56. The normalized spacial score (nSPS) is 19.5. The molecule has 2 saturated heterocycles. The van der Waals surface area contributed by atoms with Crippen LogP contribution in [-0.2, 0) is 14.3 Å². The molecule has 2 aromatic carbocycles. The van der Waals surface area contributed by atoms with Crippen LogP contribution < -0.4 is 15.4 Å². The molecule has 220 valence electrons. The Bertz CT molecular complexity index is 1210. The molecule has 0 saturated carbocycles. The maximum atomic E-state index is 13.9. The lowest BCUT2D eigenvalue weighted by molar-refractivity contribution is -0.139. The highest BCUT2D eigenvalue weighted by atomic mass is 16.5. The molecule has 0 radical (unpaired) electrons. The van der Waals surface area contributed by atoms with Crippen LogP contribution >= 0.6 is 0 Å². The van der Waals surface area contributed by atoms with Gasteiger partial charge in [-0.05, 0) is 80.8 Å². The van der Waals surface area contributed by atoms with Crippen LogP contribution in [0.15, 0.2) is 48.5 Å². The number of hydrogen-bond acceptors (Lipinski definition) is 6. The third-order valence-corrected chi connectivity index (χ3v) is 8.40.